The van der Waals surface area contributed by atoms with Gasteiger partial charge < -0.3 is 10.4 Å². The molecule has 0 aromatic rings. The molecule has 1 unspecified atom stereocenters. The number of unbranched alkanes of at least 4 members (excludes halogenated alkanes) is 1. The Labute approximate surface area is 86.5 Å². The zero-order valence-corrected chi connectivity index (χ0v) is 9.91. The van der Waals surface area contributed by atoms with Crippen LogP contribution in [-0.4, -0.2) is 35.8 Å². The van der Waals surface area contributed by atoms with Crippen molar-refractivity contribution in [1.29, 1.82) is 0 Å². The Morgan fingerprint density at radius 2 is 2.08 bits per heavy atom. The first-order chi connectivity index (χ1) is 6.18. The molecule has 0 aliphatic carbocycles. The third-order valence-corrected chi connectivity index (χ3v) is 3.41. The highest BCUT2D eigenvalue weighted by Gasteiger charge is 2.19. The lowest BCUT2D eigenvalue weighted by Crippen LogP contribution is -2.43. The number of likely N-dealkylation sites (N-methyl/N-ethyl adjacent to an activating group) is 1. The highest BCUT2D eigenvalue weighted by atomic mass is 32.2. The maximum atomic E-state index is 9.12. The number of aliphatic hydroxyl groups excluding tert-OH is 1. The van der Waals surface area contributed by atoms with Crippen molar-refractivity contribution >= 4 is 11.8 Å². The molecular formula is C10H23NOS. The number of thioether (sulfide) groups is 1. The smallest absolute Gasteiger partial charge is 0.0610 e. The van der Waals surface area contributed by atoms with Gasteiger partial charge in [0, 0.05) is 5.54 Å². The van der Waals surface area contributed by atoms with Crippen molar-refractivity contribution in [1.82, 2.24) is 5.32 Å². The van der Waals surface area contributed by atoms with Crippen molar-refractivity contribution in [3.05, 3.63) is 0 Å². The van der Waals surface area contributed by atoms with Gasteiger partial charge in [0.15, 0.2) is 0 Å². The van der Waals surface area contributed by atoms with E-state index in [0.717, 1.165) is 6.42 Å². The van der Waals surface area contributed by atoms with Crippen molar-refractivity contribution in [3.8, 4) is 0 Å². The summed E-state index contributed by atoms with van der Waals surface area (Å²) in [5.74, 6) is 2.46. The summed E-state index contributed by atoms with van der Waals surface area (Å²) < 4.78 is 0. The van der Waals surface area contributed by atoms with E-state index in [0.29, 0.717) is 0 Å². The number of aliphatic hydroxyl groups is 1. The Balaban J connectivity index is 3.39. The second-order valence-electron chi connectivity index (χ2n) is 3.62. The molecule has 0 aromatic carbocycles. The largest absolute Gasteiger partial charge is 0.394 e. The van der Waals surface area contributed by atoms with Crippen LogP contribution in [0.15, 0.2) is 0 Å². The summed E-state index contributed by atoms with van der Waals surface area (Å²) >= 11 is 1.99. The van der Waals surface area contributed by atoms with E-state index in [9.17, 15) is 0 Å². The van der Waals surface area contributed by atoms with Crippen LogP contribution in [-0.2, 0) is 0 Å². The lowest BCUT2D eigenvalue weighted by Gasteiger charge is -2.26. The van der Waals surface area contributed by atoms with E-state index in [1.807, 2.05) is 18.8 Å². The van der Waals surface area contributed by atoms with Gasteiger partial charge in [0.25, 0.3) is 0 Å². The van der Waals surface area contributed by atoms with E-state index in [4.69, 9.17) is 5.11 Å². The average molecular weight is 205 g/mol. The summed E-state index contributed by atoms with van der Waals surface area (Å²) in [7, 11) is 1.91. The highest BCUT2D eigenvalue weighted by molar-refractivity contribution is 7.99. The summed E-state index contributed by atoms with van der Waals surface area (Å²) in [6, 6.07) is 0. The van der Waals surface area contributed by atoms with Crippen molar-refractivity contribution in [2.24, 2.45) is 0 Å². The van der Waals surface area contributed by atoms with Gasteiger partial charge in [0.2, 0.25) is 0 Å². The van der Waals surface area contributed by atoms with Gasteiger partial charge in [-0.05, 0) is 38.3 Å². The molecule has 0 aliphatic rings. The molecule has 3 heteroatoms. The molecule has 0 aromatic heterocycles. The molecule has 0 radical (unpaired) electrons. The Hall–Kier alpha value is 0.270. The van der Waals surface area contributed by atoms with Crippen LogP contribution in [0.2, 0.25) is 0 Å². The maximum Gasteiger partial charge on any atom is 0.0610 e. The van der Waals surface area contributed by atoms with E-state index in [-0.39, 0.29) is 12.1 Å². The molecule has 0 amide bonds. The van der Waals surface area contributed by atoms with Gasteiger partial charge in [0.1, 0.15) is 0 Å². The van der Waals surface area contributed by atoms with Crippen LogP contribution in [0.3, 0.4) is 0 Å². The highest BCUT2D eigenvalue weighted by Crippen LogP contribution is 2.14. The van der Waals surface area contributed by atoms with Gasteiger partial charge >= 0.3 is 0 Å². The molecule has 0 saturated heterocycles. The Bertz CT molecular complexity index is 115. The second-order valence-corrected chi connectivity index (χ2v) is 5.02. The van der Waals surface area contributed by atoms with Crippen LogP contribution >= 0.6 is 11.8 Å². The SMILES string of the molecule is CCSCCCCC(C)(CO)NC. The summed E-state index contributed by atoms with van der Waals surface area (Å²) in [5, 5.41) is 12.3. The van der Waals surface area contributed by atoms with Gasteiger partial charge in [-0.2, -0.15) is 11.8 Å². The molecule has 0 spiro atoms. The van der Waals surface area contributed by atoms with Crippen LogP contribution in [0.25, 0.3) is 0 Å². The monoisotopic (exact) mass is 205 g/mol. The third-order valence-electron chi connectivity index (χ3n) is 2.42. The summed E-state index contributed by atoms with van der Waals surface area (Å²) in [4.78, 5) is 0. The van der Waals surface area contributed by atoms with E-state index in [1.165, 1.54) is 24.3 Å². The lowest BCUT2D eigenvalue weighted by molar-refractivity contribution is 0.171. The Morgan fingerprint density at radius 1 is 1.38 bits per heavy atom. The second kappa shape index (κ2) is 7.65. The molecule has 1 atom stereocenters. The number of hydrogen-bond acceptors (Lipinski definition) is 3. The Kier molecular flexibility index (Phi) is 7.81. The molecule has 0 rings (SSSR count). The van der Waals surface area contributed by atoms with E-state index in [1.54, 1.807) is 0 Å². The summed E-state index contributed by atoms with van der Waals surface area (Å²) in [6.07, 6.45) is 3.52. The first-order valence-electron chi connectivity index (χ1n) is 5.06. The predicted octanol–water partition coefficient (Wildman–Crippen LogP) is 1.88. The summed E-state index contributed by atoms with van der Waals surface area (Å²) in [5.41, 5.74) is -0.0725. The van der Waals surface area contributed by atoms with Crippen molar-refractivity contribution < 1.29 is 5.11 Å². The molecule has 2 nitrogen and oxygen atoms in total. The molecule has 13 heavy (non-hydrogen) atoms. The van der Waals surface area contributed by atoms with Crippen LogP contribution in [0.5, 0.6) is 0 Å². The van der Waals surface area contributed by atoms with Gasteiger partial charge in [0.05, 0.1) is 6.61 Å². The number of rotatable bonds is 8. The molecule has 0 heterocycles. The average Bonchev–Trinajstić information content (AvgIpc) is 2.17. The van der Waals surface area contributed by atoms with Gasteiger partial charge in [-0.25, -0.2) is 0 Å². The predicted molar refractivity (Wildman–Crippen MR) is 61.4 cm³/mol. The van der Waals surface area contributed by atoms with Crippen LogP contribution < -0.4 is 5.32 Å². The molecular weight excluding hydrogens is 182 g/mol. The first kappa shape index (κ1) is 13.3. The molecule has 0 fully saturated rings. The zero-order chi connectivity index (χ0) is 10.2. The molecule has 80 valence electrons. The van der Waals surface area contributed by atoms with E-state index < -0.39 is 0 Å². The maximum absolute atomic E-state index is 9.12. The zero-order valence-electron chi connectivity index (χ0n) is 9.10. The molecule has 0 saturated carbocycles. The van der Waals surface area contributed by atoms with Crippen LogP contribution in [0.4, 0.5) is 0 Å². The fourth-order valence-corrected chi connectivity index (χ4v) is 1.84. The Morgan fingerprint density at radius 3 is 2.54 bits per heavy atom. The van der Waals surface area contributed by atoms with Crippen molar-refractivity contribution in [2.75, 3.05) is 25.2 Å². The van der Waals surface area contributed by atoms with Gasteiger partial charge in [-0.1, -0.05) is 13.3 Å². The lowest BCUT2D eigenvalue weighted by atomic mass is 9.96. The van der Waals surface area contributed by atoms with E-state index >= 15 is 0 Å². The van der Waals surface area contributed by atoms with Gasteiger partial charge in [-0.15, -0.1) is 0 Å². The van der Waals surface area contributed by atoms with Crippen molar-refractivity contribution in [3.63, 3.8) is 0 Å². The number of nitrogens with one attached hydrogen (secondary N) is 1. The fourth-order valence-electron chi connectivity index (χ4n) is 1.15. The number of hydrogen-bond donors (Lipinski definition) is 2. The molecule has 2 N–H and O–H groups in total. The quantitative estimate of drug-likeness (QED) is 0.593. The van der Waals surface area contributed by atoms with E-state index in [2.05, 4.69) is 19.2 Å². The topological polar surface area (TPSA) is 32.3 Å². The first-order valence-corrected chi connectivity index (χ1v) is 6.21. The third kappa shape index (κ3) is 6.36. The molecule has 0 bridgehead atoms. The van der Waals surface area contributed by atoms with Crippen molar-refractivity contribution in [2.45, 2.75) is 38.6 Å². The fraction of sp³-hybridized carbons (Fsp3) is 1.00. The standard InChI is InChI=1S/C10H23NOS/c1-4-13-8-6-5-7-10(2,9-12)11-3/h11-12H,4-9H2,1-3H3. The van der Waals surface area contributed by atoms with Crippen LogP contribution in [0.1, 0.15) is 33.1 Å². The minimum absolute atomic E-state index is 0.0725. The van der Waals surface area contributed by atoms with Gasteiger partial charge in [-0.3, -0.25) is 0 Å². The summed E-state index contributed by atoms with van der Waals surface area (Å²) in [6.45, 7) is 4.49. The molecule has 0 aliphatic heterocycles. The minimum Gasteiger partial charge on any atom is -0.394 e. The normalized spacial score (nSPS) is 15.7. The minimum atomic E-state index is -0.0725. The van der Waals surface area contributed by atoms with Crippen LogP contribution in [0, 0.1) is 0 Å².